The molecule has 1 aliphatic carbocycles. The number of anilines is 1. The van der Waals surface area contributed by atoms with Gasteiger partial charge >= 0.3 is 12.6 Å². The standard InChI is InChI=1S/C24H20F2N6O2S/c25-22(26)34-20-4-2-1-3-15(20)12-32-19-9-14(11-27)5-8-18(19)30-21(32)10-17-13-35-24(29-17)31-23(33)28-16-6-7-16/h1-5,8-9,13,16,22H,6-7,10,12H2,(H2,28,29,31,33). The molecular weight excluding hydrogens is 474 g/mol. The van der Waals surface area contributed by atoms with Gasteiger partial charge in [0.25, 0.3) is 0 Å². The number of rotatable bonds is 8. The third-order valence-corrected chi connectivity index (χ3v) is 6.30. The molecule has 2 heterocycles. The molecular formula is C24H20F2N6O2S. The molecule has 4 aromatic rings. The predicted octanol–water partition coefficient (Wildman–Crippen LogP) is 4.89. The molecule has 0 saturated heterocycles. The quantitative estimate of drug-likeness (QED) is 0.363. The highest BCUT2D eigenvalue weighted by Crippen LogP contribution is 2.27. The minimum atomic E-state index is -2.95. The number of fused-ring (bicyclic) bond motifs is 1. The van der Waals surface area contributed by atoms with Crippen LogP contribution in [-0.2, 0) is 13.0 Å². The van der Waals surface area contributed by atoms with Crippen LogP contribution in [0.1, 0.15) is 35.5 Å². The van der Waals surface area contributed by atoms with Crippen molar-refractivity contribution >= 4 is 33.5 Å². The van der Waals surface area contributed by atoms with Gasteiger partial charge in [0.1, 0.15) is 11.6 Å². The maximum atomic E-state index is 12.9. The van der Waals surface area contributed by atoms with Crippen LogP contribution in [0.4, 0.5) is 18.7 Å². The van der Waals surface area contributed by atoms with E-state index in [4.69, 9.17) is 9.72 Å². The van der Waals surface area contributed by atoms with Crippen molar-refractivity contribution in [2.45, 2.75) is 38.5 Å². The van der Waals surface area contributed by atoms with Crippen LogP contribution >= 0.6 is 11.3 Å². The van der Waals surface area contributed by atoms with Gasteiger partial charge in [-0.2, -0.15) is 14.0 Å². The van der Waals surface area contributed by atoms with Crippen LogP contribution < -0.4 is 15.4 Å². The first-order valence-corrected chi connectivity index (χ1v) is 11.8. The van der Waals surface area contributed by atoms with E-state index in [1.165, 1.54) is 17.4 Å². The van der Waals surface area contributed by atoms with Crippen molar-refractivity contribution in [3.05, 3.63) is 70.5 Å². The largest absolute Gasteiger partial charge is 0.434 e. The molecule has 1 aliphatic rings. The molecule has 1 saturated carbocycles. The lowest BCUT2D eigenvalue weighted by Crippen LogP contribution is -2.30. The summed E-state index contributed by atoms with van der Waals surface area (Å²) < 4.78 is 32.5. The summed E-state index contributed by atoms with van der Waals surface area (Å²) in [6.45, 7) is -2.73. The van der Waals surface area contributed by atoms with E-state index in [0.29, 0.717) is 45.2 Å². The smallest absolute Gasteiger partial charge is 0.387 e. The summed E-state index contributed by atoms with van der Waals surface area (Å²) in [5, 5.41) is 17.3. The molecule has 35 heavy (non-hydrogen) atoms. The third-order valence-electron chi connectivity index (χ3n) is 5.50. The Morgan fingerprint density at radius 2 is 2.09 bits per heavy atom. The molecule has 178 valence electrons. The average molecular weight is 495 g/mol. The first-order chi connectivity index (χ1) is 17.0. The van der Waals surface area contributed by atoms with Gasteiger partial charge in [-0.3, -0.25) is 5.32 Å². The Morgan fingerprint density at radius 3 is 2.86 bits per heavy atom. The van der Waals surface area contributed by atoms with Crippen molar-refractivity contribution < 1.29 is 18.3 Å². The molecule has 0 radical (unpaired) electrons. The molecule has 2 amide bonds. The first kappa shape index (κ1) is 22.7. The van der Waals surface area contributed by atoms with Crippen molar-refractivity contribution in [1.82, 2.24) is 19.9 Å². The minimum absolute atomic E-state index is 0.0774. The SMILES string of the molecule is N#Cc1ccc2nc(Cc3csc(NC(=O)NC4CC4)n3)n(Cc3ccccc3OC(F)F)c2c1. The lowest BCUT2D eigenvalue weighted by atomic mass is 10.1. The van der Waals surface area contributed by atoms with Crippen LogP contribution in [-0.4, -0.2) is 33.2 Å². The number of carbonyl (C=O) groups is 1. The summed E-state index contributed by atoms with van der Waals surface area (Å²) in [6.07, 6.45) is 2.33. The number of imidazole rings is 1. The van der Waals surface area contributed by atoms with Crippen molar-refractivity contribution in [2.75, 3.05) is 5.32 Å². The number of nitrogens with zero attached hydrogens (tertiary/aromatic N) is 4. The summed E-state index contributed by atoms with van der Waals surface area (Å²) in [6, 6.07) is 13.8. The van der Waals surface area contributed by atoms with Gasteiger partial charge < -0.3 is 14.6 Å². The Bertz CT molecular complexity index is 1420. The molecule has 11 heteroatoms. The zero-order valence-corrected chi connectivity index (χ0v) is 19.2. The van der Waals surface area contributed by atoms with Crippen molar-refractivity contribution in [1.29, 1.82) is 5.26 Å². The zero-order valence-electron chi connectivity index (χ0n) is 18.4. The highest BCUT2D eigenvalue weighted by Gasteiger charge is 2.23. The van der Waals surface area contributed by atoms with Gasteiger partial charge in [0.15, 0.2) is 5.13 Å². The number of hydrogen-bond acceptors (Lipinski definition) is 6. The summed E-state index contributed by atoms with van der Waals surface area (Å²) >= 11 is 1.31. The number of nitrogens with one attached hydrogen (secondary N) is 2. The molecule has 0 atom stereocenters. The van der Waals surface area contributed by atoms with Gasteiger partial charge in [0.2, 0.25) is 0 Å². The summed E-state index contributed by atoms with van der Waals surface area (Å²) in [5.41, 5.74) is 3.08. The van der Waals surface area contributed by atoms with E-state index < -0.39 is 6.61 Å². The van der Waals surface area contributed by atoms with Crippen LogP contribution in [0, 0.1) is 11.3 Å². The van der Waals surface area contributed by atoms with Gasteiger partial charge in [-0.15, -0.1) is 11.3 Å². The Labute approximate surface area is 203 Å². The van der Waals surface area contributed by atoms with Gasteiger partial charge in [-0.1, -0.05) is 18.2 Å². The number of amides is 2. The number of benzene rings is 2. The minimum Gasteiger partial charge on any atom is -0.434 e. The third kappa shape index (κ3) is 5.38. The van der Waals surface area contributed by atoms with Gasteiger partial charge in [-0.25, -0.2) is 14.8 Å². The molecule has 0 unspecified atom stereocenters. The monoisotopic (exact) mass is 494 g/mol. The van der Waals surface area contributed by atoms with Crippen molar-refractivity contribution in [2.24, 2.45) is 0 Å². The van der Waals surface area contributed by atoms with E-state index in [2.05, 4.69) is 21.7 Å². The maximum Gasteiger partial charge on any atom is 0.387 e. The Morgan fingerprint density at radius 1 is 1.26 bits per heavy atom. The molecule has 2 aromatic carbocycles. The van der Waals surface area contributed by atoms with Crippen molar-refractivity contribution in [3.63, 3.8) is 0 Å². The van der Waals surface area contributed by atoms with Crippen LogP contribution in [0.3, 0.4) is 0 Å². The van der Waals surface area contributed by atoms with Crippen LogP contribution in [0.25, 0.3) is 11.0 Å². The van der Waals surface area contributed by atoms with Gasteiger partial charge in [0, 0.05) is 23.4 Å². The number of hydrogen-bond donors (Lipinski definition) is 2. The lowest BCUT2D eigenvalue weighted by molar-refractivity contribution is -0.0504. The number of alkyl halides is 2. The summed E-state index contributed by atoms with van der Waals surface area (Å²) in [4.78, 5) is 21.2. The van der Waals surface area contributed by atoms with E-state index in [-0.39, 0.29) is 24.4 Å². The van der Waals surface area contributed by atoms with E-state index in [0.717, 1.165) is 12.8 Å². The molecule has 8 nitrogen and oxygen atoms in total. The highest BCUT2D eigenvalue weighted by molar-refractivity contribution is 7.13. The molecule has 1 fully saturated rings. The van der Waals surface area contributed by atoms with Crippen LogP contribution in [0.2, 0.25) is 0 Å². The number of aromatic nitrogens is 3. The fourth-order valence-corrected chi connectivity index (χ4v) is 4.43. The first-order valence-electron chi connectivity index (χ1n) is 10.9. The van der Waals surface area contributed by atoms with E-state index >= 15 is 0 Å². The number of nitriles is 1. The molecule has 0 aliphatic heterocycles. The highest BCUT2D eigenvalue weighted by atomic mass is 32.1. The second-order valence-electron chi connectivity index (χ2n) is 8.11. The lowest BCUT2D eigenvalue weighted by Gasteiger charge is -2.13. The molecule has 5 rings (SSSR count). The van der Waals surface area contributed by atoms with Crippen LogP contribution in [0.5, 0.6) is 5.75 Å². The number of ether oxygens (including phenoxy) is 1. The van der Waals surface area contributed by atoms with Gasteiger partial charge in [0.05, 0.1) is 34.9 Å². The Kier molecular flexibility index (Phi) is 6.29. The summed E-state index contributed by atoms with van der Waals surface area (Å²) in [5.74, 6) is 0.717. The number of para-hydroxylation sites is 1. The van der Waals surface area contributed by atoms with Gasteiger partial charge in [-0.05, 0) is 37.1 Å². The van der Waals surface area contributed by atoms with Crippen LogP contribution in [0.15, 0.2) is 47.8 Å². The second-order valence-corrected chi connectivity index (χ2v) is 8.97. The normalized spacial score (nSPS) is 13.1. The maximum absolute atomic E-state index is 12.9. The Hall–Kier alpha value is -4.04. The second kappa shape index (κ2) is 9.68. The number of halogens is 2. The predicted molar refractivity (Wildman–Crippen MR) is 127 cm³/mol. The molecule has 0 spiro atoms. The summed E-state index contributed by atoms with van der Waals surface area (Å²) in [7, 11) is 0. The van der Waals surface area contributed by atoms with E-state index in [1.54, 1.807) is 36.4 Å². The number of carbonyl (C=O) groups excluding carboxylic acids is 1. The fourth-order valence-electron chi connectivity index (χ4n) is 3.72. The van der Waals surface area contributed by atoms with E-state index in [1.807, 2.05) is 9.95 Å². The topological polar surface area (TPSA) is 105 Å². The average Bonchev–Trinajstić information content (AvgIpc) is 3.43. The number of urea groups is 1. The van der Waals surface area contributed by atoms with E-state index in [9.17, 15) is 18.8 Å². The zero-order chi connectivity index (χ0) is 24.4. The van der Waals surface area contributed by atoms with Crippen molar-refractivity contribution in [3.8, 4) is 11.8 Å². The molecule has 0 bridgehead atoms. The molecule has 2 N–H and O–H groups in total. The Balaban J connectivity index is 1.45. The fraction of sp³-hybridized carbons (Fsp3) is 0.250. The molecule has 2 aromatic heterocycles. The number of thiazole rings is 1.